The first-order valence-electron chi connectivity index (χ1n) is 7.69. The van der Waals surface area contributed by atoms with E-state index in [2.05, 4.69) is 42.0 Å². The summed E-state index contributed by atoms with van der Waals surface area (Å²) in [5.41, 5.74) is 0.442. The zero-order valence-electron chi connectivity index (χ0n) is 13.4. The average molecular weight is 304 g/mol. The van der Waals surface area contributed by atoms with E-state index in [-0.39, 0.29) is 0 Å². The van der Waals surface area contributed by atoms with Crippen LogP contribution < -0.4 is 10.2 Å². The zero-order chi connectivity index (χ0) is 15.0. The Morgan fingerprint density at radius 2 is 2.05 bits per heavy atom. The van der Waals surface area contributed by atoms with Gasteiger partial charge in [-0.25, -0.2) is 4.98 Å². The molecule has 0 amide bonds. The van der Waals surface area contributed by atoms with Crippen LogP contribution in [0.5, 0.6) is 0 Å². The van der Waals surface area contributed by atoms with Gasteiger partial charge in [0.05, 0.1) is 5.39 Å². The van der Waals surface area contributed by atoms with Gasteiger partial charge in [-0.3, -0.25) is 0 Å². The molecule has 0 aliphatic carbocycles. The minimum atomic E-state index is 0.442. The van der Waals surface area contributed by atoms with Gasteiger partial charge < -0.3 is 10.2 Å². The molecule has 1 saturated heterocycles. The van der Waals surface area contributed by atoms with Crippen LogP contribution in [0.3, 0.4) is 0 Å². The molecule has 1 aliphatic rings. The molecule has 3 rings (SSSR count). The highest BCUT2D eigenvalue weighted by molar-refractivity contribution is 7.18. The third kappa shape index (κ3) is 2.98. The van der Waals surface area contributed by atoms with E-state index in [1.807, 2.05) is 7.05 Å². The molecule has 0 atom stereocenters. The molecule has 2 aromatic heterocycles. The maximum absolute atomic E-state index is 4.76. The van der Waals surface area contributed by atoms with Crippen molar-refractivity contribution in [3.05, 3.63) is 10.9 Å². The molecule has 0 saturated carbocycles. The van der Waals surface area contributed by atoms with Crippen LogP contribution in [0.1, 0.15) is 38.0 Å². The highest BCUT2D eigenvalue weighted by Gasteiger charge is 2.25. The SMILES string of the molecule is CNc1nc(N2CCCC(C)(C)CC2)c2cc(C)sc2n1. The van der Waals surface area contributed by atoms with E-state index in [9.17, 15) is 0 Å². The predicted molar refractivity (Wildman–Crippen MR) is 91.5 cm³/mol. The van der Waals surface area contributed by atoms with E-state index in [1.165, 1.54) is 29.5 Å². The average Bonchev–Trinajstić information content (AvgIpc) is 2.71. The molecular formula is C16H24N4S. The summed E-state index contributed by atoms with van der Waals surface area (Å²) in [6, 6.07) is 2.23. The number of nitrogens with zero attached hydrogens (tertiary/aromatic N) is 3. The minimum absolute atomic E-state index is 0.442. The van der Waals surface area contributed by atoms with Gasteiger partial charge in [-0.05, 0) is 37.7 Å². The molecule has 1 N–H and O–H groups in total. The second-order valence-corrected chi connectivity index (χ2v) is 7.94. The first kappa shape index (κ1) is 14.6. The summed E-state index contributed by atoms with van der Waals surface area (Å²) in [5, 5.41) is 4.30. The summed E-state index contributed by atoms with van der Waals surface area (Å²) >= 11 is 1.75. The van der Waals surface area contributed by atoms with Crippen molar-refractivity contribution in [2.24, 2.45) is 5.41 Å². The van der Waals surface area contributed by atoms with Crippen LogP contribution in [-0.4, -0.2) is 30.1 Å². The summed E-state index contributed by atoms with van der Waals surface area (Å²) in [6.45, 7) is 9.06. The standard InChI is InChI=1S/C16H24N4S/c1-11-10-12-13(18-15(17-4)19-14(12)21-11)20-8-5-6-16(2,3)7-9-20/h10H,5-9H2,1-4H3,(H,17,18,19). The van der Waals surface area contributed by atoms with Gasteiger partial charge in [-0.1, -0.05) is 13.8 Å². The first-order chi connectivity index (χ1) is 9.98. The van der Waals surface area contributed by atoms with Crippen molar-refractivity contribution in [2.75, 3.05) is 30.4 Å². The lowest BCUT2D eigenvalue weighted by atomic mass is 9.85. The highest BCUT2D eigenvalue weighted by Crippen LogP contribution is 2.35. The molecule has 0 spiro atoms. The third-order valence-electron chi connectivity index (χ3n) is 4.36. The molecule has 4 nitrogen and oxygen atoms in total. The van der Waals surface area contributed by atoms with Gasteiger partial charge in [0.2, 0.25) is 5.95 Å². The molecule has 3 heterocycles. The molecule has 114 valence electrons. The van der Waals surface area contributed by atoms with Crippen LogP contribution >= 0.6 is 11.3 Å². The zero-order valence-corrected chi connectivity index (χ0v) is 14.2. The quantitative estimate of drug-likeness (QED) is 0.908. The Hall–Kier alpha value is -1.36. The van der Waals surface area contributed by atoms with Crippen LogP contribution in [0.25, 0.3) is 10.2 Å². The largest absolute Gasteiger partial charge is 0.357 e. The van der Waals surface area contributed by atoms with Crippen molar-refractivity contribution in [3.63, 3.8) is 0 Å². The molecule has 2 aromatic rings. The number of nitrogens with one attached hydrogen (secondary N) is 1. The number of aromatic nitrogens is 2. The maximum atomic E-state index is 4.76. The Morgan fingerprint density at radius 3 is 2.81 bits per heavy atom. The lowest BCUT2D eigenvalue weighted by molar-refractivity contribution is 0.325. The van der Waals surface area contributed by atoms with Crippen LogP contribution in [-0.2, 0) is 0 Å². The molecule has 0 radical (unpaired) electrons. The van der Waals surface area contributed by atoms with Crippen molar-refractivity contribution in [3.8, 4) is 0 Å². The van der Waals surface area contributed by atoms with Crippen molar-refractivity contribution in [2.45, 2.75) is 40.0 Å². The summed E-state index contributed by atoms with van der Waals surface area (Å²) in [6.07, 6.45) is 3.74. The Kier molecular flexibility index (Phi) is 3.78. The Labute approximate surface area is 130 Å². The molecule has 5 heteroatoms. The summed E-state index contributed by atoms with van der Waals surface area (Å²) in [5.74, 6) is 1.83. The fraction of sp³-hybridized carbons (Fsp3) is 0.625. The van der Waals surface area contributed by atoms with Gasteiger partial charge in [0.1, 0.15) is 10.6 Å². The molecule has 0 aromatic carbocycles. The first-order valence-corrected chi connectivity index (χ1v) is 8.51. The lowest BCUT2D eigenvalue weighted by Crippen LogP contribution is -2.26. The maximum Gasteiger partial charge on any atom is 0.225 e. The number of hydrogen-bond donors (Lipinski definition) is 1. The second kappa shape index (κ2) is 5.44. The Bertz CT molecular complexity index is 647. The van der Waals surface area contributed by atoms with E-state index < -0.39 is 0 Å². The number of rotatable bonds is 2. The Balaban J connectivity index is 2.02. The predicted octanol–water partition coefficient (Wildman–Crippen LogP) is 4.06. The van der Waals surface area contributed by atoms with Gasteiger partial charge in [0.25, 0.3) is 0 Å². The van der Waals surface area contributed by atoms with Crippen LogP contribution in [0, 0.1) is 12.3 Å². The summed E-state index contributed by atoms with van der Waals surface area (Å²) in [4.78, 5) is 14.2. The van der Waals surface area contributed by atoms with Crippen molar-refractivity contribution in [1.82, 2.24) is 9.97 Å². The van der Waals surface area contributed by atoms with Gasteiger partial charge in [-0.15, -0.1) is 11.3 Å². The topological polar surface area (TPSA) is 41.1 Å². The monoisotopic (exact) mass is 304 g/mol. The molecule has 21 heavy (non-hydrogen) atoms. The van der Waals surface area contributed by atoms with Gasteiger partial charge in [-0.2, -0.15) is 4.98 Å². The normalized spacial score (nSPS) is 18.8. The smallest absolute Gasteiger partial charge is 0.225 e. The van der Waals surface area contributed by atoms with Crippen LogP contribution in [0.2, 0.25) is 0 Å². The van der Waals surface area contributed by atoms with E-state index in [0.29, 0.717) is 5.41 Å². The number of hydrogen-bond acceptors (Lipinski definition) is 5. The molecule has 1 fully saturated rings. The number of anilines is 2. The highest BCUT2D eigenvalue weighted by atomic mass is 32.1. The molecule has 0 bridgehead atoms. The number of aryl methyl sites for hydroxylation is 1. The van der Waals surface area contributed by atoms with Gasteiger partial charge in [0.15, 0.2) is 0 Å². The number of fused-ring (bicyclic) bond motifs is 1. The molecule has 1 aliphatic heterocycles. The van der Waals surface area contributed by atoms with Crippen molar-refractivity contribution >= 4 is 33.3 Å². The lowest BCUT2D eigenvalue weighted by Gasteiger charge is -2.24. The molecule has 0 unspecified atom stereocenters. The second-order valence-electron chi connectivity index (χ2n) is 6.70. The van der Waals surface area contributed by atoms with Crippen LogP contribution in [0.4, 0.5) is 11.8 Å². The summed E-state index contributed by atoms with van der Waals surface area (Å²) in [7, 11) is 1.89. The Morgan fingerprint density at radius 1 is 1.24 bits per heavy atom. The number of thiophene rings is 1. The van der Waals surface area contributed by atoms with E-state index in [0.717, 1.165) is 29.7 Å². The third-order valence-corrected chi connectivity index (χ3v) is 5.30. The van der Waals surface area contributed by atoms with Gasteiger partial charge in [0, 0.05) is 25.0 Å². The van der Waals surface area contributed by atoms with Gasteiger partial charge >= 0.3 is 0 Å². The molecular weight excluding hydrogens is 280 g/mol. The van der Waals surface area contributed by atoms with E-state index >= 15 is 0 Å². The van der Waals surface area contributed by atoms with Crippen molar-refractivity contribution in [1.29, 1.82) is 0 Å². The summed E-state index contributed by atoms with van der Waals surface area (Å²) < 4.78 is 0. The fourth-order valence-electron chi connectivity index (χ4n) is 3.01. The fourth-order valence-corrected chi connectivity index (χ4v) is 3.89. The van der Waals surface area contributed by atoms with Crippen LogP contribution in [0.15, 0.2) is 6.07 Å². The minimum Gasteiger partial charge on any atom is -0.357 e. The van der Waals surface area contributed by atoms with E-state index in [1.54, 1.807) is 11.3 Å². The van der Waals surface area contributed by atoms with Crippen molar-refractivity contribution < 1.29 is 0 Å². The van der Waals surface area contributed by atoms with E-state index in [4.69, 9.17) is 4.98 Å².